The Kier molecular flexibility index (Phi) is 2.75. The topological polar surface area (TPSA) is 33.0 Å². The van der Waals surface area contributed by atoms with E-state index in [4.69, 9.17) is 10.00 Å². The highest BCUT2D eigenvalue weighted by atomic mass is 16.5. The summed E-state index contributed by atoms with van der Waals surface area (Å²) in [4.78, 5) is 0. The van der Waals surface area contributed by atoms with E-state index in [-0.39, 0.29) is 5.41 Å². The van der Waals surface area contributed by atoms with Crippen LogP contribution in [0.3, 0.4) is 0 Å². The van der Waals surface area contributed by atoms with Crippen LogP contribution in [0.4, 0.5) is 0 Å². The molecule has 0 radical (unpaired) electrons. The third kappa shape index (κ3) is 1.75. The molecule has 0 unspecified atom stereocenters. The van der Waals surface area contributed by atoms with Crippen molar-refractivity contribution in [3.8, 4) is 6.07 Å². The Bertz CT molecular complexity index is 371. The van der Waals surface area contributed by atoms with Crippen LogP contribution in [-0.4, -0.2) is 13.2 Å². The monoisotopic (exact) mass is 201 g/mol. The molecule has 2 heteroatoms. The Hall–Kier alpha value is -1.33. The Balaban J connectivity index is 2.20. The van der Waals surface area contributed by atoms with E-state index < -0.39 is 0 Å². The third-order valence-electron chi connectivity index (χ3n) is 2.96. The maximum atomic E-state index is 9.13. The van der Waals surface area contributed by atoms with Crippen molar-refractivity contribution in [1.29, 1.82) is 5.26 Å². The molecular weight excluding hydrogens is 186 g/mol. The molecule has 15 heavy (non-hydrogen) atoms. The quantitative estimate of drug-likeness (QED) is 0.752. The smallest absolute Gasteiger partial charge is 0.129 e. The number of benzene rings is 1. The lowest BCUT2D eigenvalue weighted by Gasteiger charge is -2.35. The van der Waals surface area contributed by atoms with Crippen molar-refractivity contribution in [3.05, 3.63) is 35.4 Å². The van der Waals surface area contributed by atoms with Crippen molar-refractivity contribution >= 4 is 0 Å². The van der Waals surface area contributed by atoms with Crippen LogP contribution in [0.1, 0.15) is 24.5 Å². The average Bonchev–Trinajstić information content (AvgIpc) is 2.20. The summed E-state index contributed by atoms with van der Waals surface area (Å²) in [6.07, 6.45) is 2.27. The van der Waals surface area contributed by atoms with Gasteiger partial charge in [-0.25, -0.2) is 0 Å². The van der Waals surface area contributed by atoms with Crippen molar-refractivity contribution in [1.82, 2.24) is 0 Å². The molecule has 0 atom stereocenters. The van der Waals surface area contributed by atoms with Crippen LogP contribution in [0.2, 0.25) is 0 Å². The Morgan fingerprint density at radius 1 is 1.33 bits per heavy atom. The van der Waals surface area contributed by atoms with Crippen molar-refractivity contribution in [2.75, 3.05) is 13.2 Å². The Morgan fingerprint density at radius 2 is 2.00 bits per heavy atom. The molecule has 1 fully saturated rings. The van der Waals surface area contributed by atoms with E-state index in [9.17, 15) is 0 Å². The van der Waals surface area contributed by atoms with Crippen LogP contribution < -0.4 is 0 Å². The molecule has 2 rings (SSSR count). The lowest BCUT2D eigenvalue weighted by molar-refractivity contribution is -0.0298. The summed E-state index contributed by atoms with van der Waals surface area (Å²) in [6.45, 7) is 3.25. The first-order chi connectivity index (χ1) is 7.30. The first-order valence-corrected chi connectivity index (χ1v) is 5.39. The zero-order chi connectivity index (χ0) is 10.7. The van der Waals surface area contributed by atoms with E-state index in [1.165, 1.54) is 5.56 Å². The molecule has 1 heterocycles. The molecule has 0 aromatic heterocycles. The molecule has 1 aromatic rings. The van der Waals surface area contributed by atoms with Gasteiger partial charge in [0.25, 0.3) is 0 Å². The summed E-state index contributed by atoms with van der Waals surface area (Å²) in [5.74, 6) is 0. The standard InChI is InChI=1S/C13H15NO/c1-2-3-11-4-6-12(7-5-11)13(8-14)9-15-10-13/h4-7H,2-3,9-10H2,1H3. The van der Waals surface area contributed by atoms with Crippen molar-refractivity contribution in [3.63, 3.8) is 0 Å². The number of aryl methyl sites for hydroxylation is 1. The molecule has 0 amide bonds. The first-order valence-electron chi connectivity index (χ1n) is 5.39. The van der Waals surface area contributed by atoms with Gasteiger partial charge in [-0.1, -0.05) is 37.6 Å². The van der Waals surface area contributed by atoms with Crippen LogP contribution >= 0.6 is 0 Å². The second kappa shape index (κ2) is 4.04. The van der Waals surface area contributed by atoms with Gasteiger partial charge in [0.2, 0.25) is 0 Å². The summed E-state index contributed by atoms with van der Waals surface area (Å²) >= 11 is 0. The SMILES string of the molecule is CCCc1ccc(C2(C#N)COC2)cc1. The average molecular weight is 201 g/mol. The molecule has 2 nitrogen and oxygen atoms in total. The molecule has 1 aliphatic rings. The summed E-state index contributed by atoms with van der Waals surface area (Å²) < 4.78 is 5.14. The number of nitriles is 1. The van der Waals surface area contributed by atoms with Gasteiger partial charge >= 0.3 is 0 Å². The van der Waals surface area contributed by atoms with Gasteiger partial charge in [0, 0.05) is 0 Å². The summed E-state index contributed by atoms with van der Waals surface area (Å²) in [6, 6.07) is 10.7. The minimum atomic E-state index is -0.370. The van der Waals surface area contributed by atoms with Gasteiger partial charge in [0.05, 0.1) is 19.3 Å². The molecule has 0 N–H and O–H groups in total. The lowest BCUT2D eigenvalue weighted by atomic mass is 9.80. The molecule has 0 saturated carbocycles. The number of rotatable bonds is 3. The second-order valence-corrected chi connectivity index (χ2v) is 4.13. The van der Waals surface area contributed by atoms with E-state index in [0.717, 1.165) is 18.4 Å². The molecule has 1 saturated heterocycles. The van der Waals surface area contributed by atoms with Crippen molar-refractivity contribution < 1.29 is 4.74 Å². The fourth-order valence-corrected chi connectivity index (χ4v) is 1.88. The van der Waals surface area contributed by atoms with Gasteiger partial charge in [-0.2, -0.15) is 5.26 Å². The van der Waals surface area contributed by atoms with Crippen molar-refractivity contribution in [2.45, 2.75) is 25.2 Å². The predicted molar refractivity (Wildman–Crippen MR) is 58.5 cm³/mol. The van der Waals surface area contributed by atoms with Gasteiger partial charge in [0.15, 0.2) is 0 Å². The summed E-state index contributed by atoms with van der Waals surface area (Å²) in [7, 11) is 0. The van der Waals surface area contributed by atoms with Gasteiger partial charge in [-0.3, -0.25) is 0 Å². The Morgan fingerprint density at radius 3 is 2.40 bits per heavy atom. The zero-order valence-corrected chi connectivity index (χ0v) is 8.99. The maximum Gasteiger partial charge on any atom is 0.129 e. The Labute approximate surface area is 90.5 Å². The van der Waals surface area contributed by atoms with E-state index in [0.29, 0.717) is 13.2 Å². The van der Waals surface area contributed by atoms with Gasteiger partial charge in [-0.15, -0.1) is 0 Å². The minimum Gasteiger partial charge on any atom is -0.377 e. The van der Waals surface area contributed by atoms with Gasteiger partial charge < -0.3 is 4.74 Å². The predicted octanol–water partition coefficient (Wildman–Crippen LogP) is 2.43. The van der Waals surface area contributed by atoms with Gasteiger partial charge in [-0.05, 0) is 17.5 Å². The second-order valence-electron chi connectivity index (χ2n) is 4.13. The number of hydrogen-bond acceptors (Lipinski definition) is 2. The first kappa shape index (κ1) is 10.2. The summed E-state index contributed by atoms with van der Waals surface area (Å²) in [5, 5.41) is 9.13. The minimum absolute atomic E-state index is 0.370. The summed E-state index contributed by atoms with van der Waals surface area (Å²) in [5.41, 5.74) is 2.07. The van der Waals surface area contributed by atoms with Gasteiger partial charge in [0.1, 0.15) is 5.41 Å². The van der Waals surface area contributed by atoms with Crippen LogP contribution in [0, 0.1) is 11.3 Å². The highest BCUT2D eigenvalue weighted by molar-refractivity contribution is 5.37. The van der Waals surface area contributed by atoms with Crippen molar-refractivity contribution in [2.24, 2.45) is 0 Å². The lowest BCUT2D eigenvalue weighted by Crippen LogP contribution is -2.45. The number of hydrogen-bond donors (Lipinski definition) is 0. The zero-order valence-electron chi connectivity index (χ0n) is 8.99. The van der Waals surface area contributed by atoms with E-state index in [1.54, 1.807) is 0 Å². The van der Waals surface area contributed by atoms with Crippen LogP contribution in [-0.2, 0) is 16.6 Å². The normalized spacial score (nSPS) is 17.9. The molecule has 0 aliphatic carbocycles. The molecular formula is C13H15NO. The molecule has 1 aromatic carbocycles. The number of nitrogens with zero attached hydrogens (tertiary/aromatic N) is 1. The van der Waals surface area contributed by atoms with E-state index in [1.807, 2.05) is 0 Å². The fraction of sp³-hybridized carbons (Fsp3) is 0.462. The molecule has 0 bridgehead atoms. The van der Waals surface area contributed by atoms with Crippen LogP contribution in [0.5, 0.6) is 0 Å². The highest BCUT2D eigenvalue weighted by Crippen LogP contribution is 2.31. The molecule has 1 aliphatic heterocycles. The van der Waals surface area contributed by atoms with Crippen LogP contribution in [0.15, 0.2) is 24.3 Å². The third-order valence-corrected chi connectivity index (χ3v) is 2.96. The largest absolute Gasteiger partial charge is 0.377 e. The molecule has 0 spiro atoms. The van der Waals surface area contributed by atoms with E-state index >= 15 is 0 Å². The number of ether oxygens (including phenoxy) is 1. The van der Waals surface area contributed by atoms with Crippen LogP contribution in [0.25, 0.3) is 0 Å². The molecule has 78 valence electrons. The highest BCUT2D eigenvalue weighted by Gasteiger charge is 2.40. The fourth-order valence-electron chi connectivity index (χ4n) is 1.88. The van der Waals surface area contributed by atoms with E-state index in [2.05, 4.69) is 37.3 Å². The maximum absolute atomic E-state index is 9.13.